The highest BCUT2D eigenvalue weighted by Gasteiger charge is 2.19. The van der Waals surface area contributed by atoms with Crippen molar-refractivity contribution in [2.24, 2.45) is 10.8 Å². The van der Waals surface area contributed by atoms with E-state index in [2.05, 4.69) is 45.1 Å². The first-order chi connectivity index (χ1) is 14.9. The van der Waals surface area contributed by atoms with Crippen molar-refractivity contribution in [2.75, 3.05) is 32.6 Å². The summed E-state index contributed by atoms with van der Waals surface area (Å²) in [6, 6.07) is 6.71. The number of nitrogens with two attached hydrogens (primary N) is 1. The van der Waals surface area contributed by atoms with Crippen molar-refractivity contribution in [3.8, 4) is 12.8 Å². The number of aromatic nitrogens is 2. The van der Waals surface area contributed by atoms with E-state index in [1.165, 1.54) is 10.6 Å². The second-order valence-electron chi connectivity index (χ2n) is 7.17. The number of amides is 1. The third-order valence-corrected chi connectivity index (χ3v) is 4.93. The monoisotopic (exact) mass is 423 g/mol. The summed E-state index contributed by atoms with van der Waals surface area (Å²) in [5.74, 6) is 6.49. The lowest BCUT2D eigenvalue weighted by Crippen LogP contribution is -2.46. The number of aliphatic hydroxyl groups excluding tert-OH is 1. The molecule has 1 atom stereocenters. The summed E-state index contributed by atoms with van der Waals surface area (Å²) >= 11 is 0. The minimum atomic E-state index is -0.327. The number of hydrazine groups is 1. The fraction of sp³-hybridized carbons (Fsp3) is 0.364. The number of carbonyl (C=O) groups is 1. The van der Waals surface area contributed by atoms with Crippen LogP contribution in [-0.2, 0) is 13.0 Å². The maximum atomic E-state index is 12.7. The molecule has 3 rings (SSSR count). The molecule has 0 fully saturated rings. The van der Waals surface area contributed by atoms with E-state index in [0.29, 0.717) is 23.0 Å². The first-order valence-electron chi connectivity index (χ1n) is 9.83. The van der Waals surface area contributed by atoms with Gasteiger partial charge in [-0.3, -0.25) is 19.8 Å². The Morgan fingerprint density at radius 1 is 1.39 bits per heavy atom. The molecule has 1 amide bonds. The molecule has 31 heavy (non-hydrogen) atoms. The van der Waals surface area contributed by atoms with Gasteiger partial charge in [-0.2, -0.15) is 0 Å². The first-order valence-corrected chi connectivity index (χ1v) is 9.83. The number of fused-ring (bicyclic) bond motifs is 1. The predicted octanol–water partition coefficient (Wildman–Crippen LogP) is 0.899. The van der Waals surface area contributed by atoms with Crippen molar-refractivity contribution in [3.63, 3.8) is 0 Å². The Hall–Kier alpha value is -3.32. The van der Waals surface area contributed by atoms with Gasteiger partial charge in [0.2, 0.25) is 0 Å². The van der Waals surface area contributed by atoms with Gasteiger partial charge in [0.15, 0.2) is 5.84 Å². The maximum Gasteiger partial charge on any atom is 0.275 e. The molecule has 164 valence electrons. The van der Waals surface area contributed by atoms with Gasteiger partial charge in [-0.05, 0) is 49.7 Å². The summed E-state index contributed by atoms with van der Waals surface area (Å²) in [6.07, 6.45) is 10.7. The van der Waals surface area contributed by atoms with Crippen molar-refractivity contribution in [2.45, 2.75) is 25.9 Å². The molecule has 1 aliphatic heterocycles. The zero-order valence-electron chi connectivity index (χ0n) is 18.1. The van der Waals surface area contributed by atoms with Crippen LogP contribution < -0.4 is 11.2 Å². The molecule has 0 aliphatic carbocycles. The second kappa shape index (κ2) is 11.2. The van der Waals surface area contributed by atoms with Crippen LogP contribution in [0.25, 0.3) is 0 Å². The van der Waals surface area contributed by atoms with Crippen LogP contribution in [0.4, 0.5) is 5.82 Å². The first kappa shape index (κ1) is 24.0. The third-order valence-electron chi connectivity index (χ3n) is 4.93. The molecule has 1 unspecified atom stereocenters. The second-order valence-corrected chi connectivity index (χ2v) is 7.17. The van der Waals surface area contributed by atoms with Crippen molar-refractivity contribution < 1.29 is 9.90 Å². The smallest absolute Gasteiger partial charge is 0.275 e. The van der Waals surface area contributed by atoms with Crippen molar-refractivity contribution in [3.05, 3.63) is 53.0 Å². The van der Waals surface area contributed by atoms with Gasteiger partial charge in [-0.1, -0.05) is 6.07 Å². The number of amidine groups is 1. The van der Waals surface area contributed by atoms with Crippen LogP contribution in [0, 0.1) is 12.8 Å². The molecule has 0 saturated carbocycles. The molecule has 0 bridgehead atoms. The summed E-state index contributed by atoms with van der Waals surface area (Å²) in [7, 11) is 3.66. The quantitative estimate of drug-likeness (QED) is 0.215. The summed E-state index contributed by atoms with van der Waals surface area (Å²) in [5.41, 5.74) is 3.15. The van der Waals surface area contributed by atoms with Crippen LogP contribution in [0.5, 0.6) is 0 Å². The number of hydrogen-bond donors (Lipinski definition) is 3. The summed E-state index contributed by atoms with van der Waals surface area (Å²) < 4.78 is 0. The van der Waals surface area contributed by atoms with E-state index in [4.69, 9.17) is 5.84 Å². The van der Waals surface area contributed by atoms with Gasteiger partial charge >= 0.3 is 0 Å². The number of rotatable bonds is 5. The molecule has 3 heterocycles. The molecule has 0 saturated heterocycles. The lowest BCUT2D eigenvalue weighted by Gasteiger charge is -2.25. The summed E-state index contributed by atoms with van der Waals surface area (Å²) in [6.45, 7) is 3.45. The largest absolute Gasteiger partial charge is 0.394 e. The average Bonchev–Trinajstić information content (AvgIpc) is 2.80. The molecule has 0 spiro atoms. The van der Waals surface area contributed by atoms with Crippen molar-refractivity contribution in [1.82, 2.24) is 19.9 Å². The van der Waals surface area contributed by atoms with Gasteiger partial charge in [-0.25, -0.2) is 10.8 Å². The number of aliphatic imine (C=N–C) groups is 1. The standard InChI is InChI=1S/C20H27N7O2.C2H2/c1-13(12-28)27(21)19(22-2)16-5-4-6-18(24-16)25-20(29)17-9-15-11-26(3)8-7-14(15)10-23-17;1-2/h4-6,9-10,13,28H,7-8,11-12,21H2,1-3H3,(H,24,25,29);1-2H. The highest BCUT2D eigenvalue weighted by Crippen LogP contribution is 2.18. The van der Waals surface area contributed by atoms with Gasteiger partial charge in [0.25, 0.3) is 5.91 Å². The average molecular weight is 424 g/mol. The van der Waals surface area contributed by atoms with E-state index in [-0.39, 0.29) is 18.6 Å². The molecule has 9 nitrogen and oxygen atoms in total. The number of carbonyl (C=O) groups excluding carboxylic acids is 1. The Morgan fingerprint density at radius 2 is 2.13 bits per heavy atom. The number of hydrogen-bond acceptors (Lipinski definition) is 7. The lowest BCUT2D eigenvalue weighted by atomic mass is 10.0. The van der Waals surface area contributed by atoms with Crippen LogP contribution in [0.15, 0.2) is 35.5 Å². The Labute approximate surface area is 183 Å². The fourth-order valence-electron chi connectivity index (χ4n) is 3.17. The van der Waals surface area contributed by atoms with Gasteiger partial charge in [0.05, 0.1) is 12.6 Å². The molecule has 9 heteroatoms. The van der Waals surface area contributed by atoms with E-state index in [9.17, 15) is 9.90 Å². The molecule has 0 radical (unpaired) electrons. The van der Waals surface area contributed by atoms with Crippen molar-refractivity contribution >= 4 is 17.6 Å². The number of anilines is 1. The Morgan fingerprint density at radius 3 is 2.81 bits per heavy atom. The van der Waals surface area contributed by atoms with Gasteiger partial charge in [-0.15, -0.1) is 12.8 Å². The molecule has 2 aromatic heterocycles. The van der Waals surface area contributed by atoms with Crippen LogP contribution in [0.2, 0.25) is 0 Å². The number of likely N-dealkylation sites (N-methyl/N-ethyl adjacent to an activating group) is 1. The van der Waals surface area contributed by atoms with Gasteiger partial charge in [0.1, 0.15) is 17.2 Å². The summed E-state index contributed by atoms with van der Waals surface area (Å²) in [4.78, 5) is 27.8. The highest BCUT2D eigenvalue weighted by molar-refractivity contribution is 6.03. The Kier molecular flexibility index (Phi) is 8.63. The number of nitrogens with one attached hydrogen (secondary N) is 1. The lowest BCUT2D eigenvalue weighted by molar-refractivity contribution is 0.102. The van der Waals surface area contributed by atoms with Crippen molar-refractivity contribution in [1.29, 1.82) is 0 Å². The third kappa shape index (κ3) is 5.86. The molecule has 2 aromatic rings. The fourth-order valence-corrected chi connectivity index (χ4v) is 3.17. The highest BCUT2D eigenvalue weighted by atomic mass is 16.3. The van der Waals surface area contributed by atoms with Crippen LogP contribution in [0.3, 0.4) is 0 Å². The Balaban J connectivity index is 0.00000166. The van der Waals surface area contributed by atoms with Crippen LogP contribution in [0.1, 0.15) is 34.2 Å². The Bertz CT molecular complexity index is 958. The van der Waals surface area contributed by atoms with Gasteiger partial charge in [0, 0.05) is 26.3 Å². The normalized spacial score (nSPS) is 14.6. The number of nitrogens with zero attached hydrogens (tertiary/aromatic N) is 5. The van der Waals surface area contributed by atoms with E-state index in [1.807, 2.05) is 6.07 Å². The topological polar surface area (TPSA) is 120 Å². The van der Waals surface area contributed by atoms with Crippen LogP contribution >= 0.6 is 0 Å². The predicted molar refractivity (Wildman–Crippen MR) is 121 cm³/mol. The van der Waals surface area contributed by atoms with E-state index >= 15 is 0 Å². The van der Waals surface area contributed by atoms with E-state index < -0.39 is 0 Å². The molecule has 0 aromatic carbocycles. The van der Waals surface area contributed by atoms with Crippen LogP contribution in [-0.4, -0.2) is 70.0 Å². The molecule has 1 aliphatic rings. The molecule has 4 N–H and O–H groups in total. The number of aliphatic hydroxyl groups is 1. The zero-order valence-corrected chi connectivity index (χ0v) is 18.1. The number of pyridine rings is 2. The minimum absolute atomic E-state index is 0.120. The summed E-state index contributed by atoms with van der Waals surface area (Å²) in [5, 5.41) is 13.5. The van der Waals surface area contributed by atoms with E-state index in [1.54, 1.807) is 38.4 Å². The number of terminal acetylenes is 1. The SMILES string of the molecule is C#C.CN=C(c1cccc(NC(=O)c2cc3c(cn2)CCN(C)C3)n1)N(N)C(C)CO. The minimum Gasteiger partial charge on any atom is -0.394 e. The molecular formula is C22H29N7O2. The molecular weight excluding hydrogens is 394 g/mol. The zero-order chi connectivity index (χ0) is 23.0. The van der Waals surface area contributed by atoms with E-state index in [0.717, 1.165) is 25.1 Å². The maximum absolute atomic E-state index is 12.7. The van der Waals surface area contributed by atoms with Gasteiger partial charge < -0.3 is 15.3 Å².